The van der Waals surface area contributed by atoms with E-state index in [2.05, 4.69) is 9.71 Å². The maximum Gasteiger partial charge on any atom is 0.337 e. The first kappa shape index (κ1) is 16.6. The van der Waals surface area contributed by atoms with E-state index in [0.717, 1.165) is 0 Å². The van der Waals surface area contributed by atoms with Gasteiger partial charge in [0.05, 0.1) is 16.0 Å². The van der Waals surface area contributed by atoms with E-state index in [1.165, 1.54) is 23.5 Å². The monoisotopic (exact) mass is 340 g/mol. The van der Waals surface area contributed by atoms with Crippen molar-refractivity contribution >= 4 is 27.3 Å². The number of rotatable bonds is 5. The molecule has 1 aromatic heterocycles. The molecule has 2 aromatic rings. The zero-order valence-electron chi connectivity index (χ0n) is 12.3. The summed E-state index contributed by atoms with van der Waals surface area (Å²) in [5.41, 5.74) is -0.764. The van der Waals surface area contributed by atoms with Gasteiger partial charge in [0.15, 0.2) is 0 Å². The fourth-order valence-electron chi connectivity index (χ4n) is 2.11. The Morgan fingerprint density at radius 3 is 2.59 bits per heavy atom. The number of nitrogens with one attached hydrogen (secondary N) is 1. The molecule has 118 valence electrons. The van der Waals surface area contributed by atoms with Gasteiger partial charge >= 0.3 is 5.97 Å². The van der Waals surface area contributed by atoms with Crippen molar-refractivity contribution in [3.8, 4) is 0 Å². The van der Waals surface area contributed by atoms with Crippen LogP contribution >= 0.6 is 11.3 Å². The molecule has 0 spiro atoms. The molecule has 0 atom stereocenters. The Morgan fingerprint density at radius 2 is 2.05 bits per heavy atom. The van der Waals surface area contributed by atoms with E-state index >= 15 is 0 Å². The highest BCUT2D eigenvalue weighted by Gasteiger charge is 2.32. The second kappa shape index (κ2) is 5.79. The van der Waals surface area contributed by atoms with Crippen LogP contribution in [-0.4, -0.2) is 24.5 Å². The number of carboxylic acid groups (broad SMARTS) is 1. The maximum atomic E-state index is 12.6. The number of hydrogen-bond donors (Lipinski definition) is 2. The molecule has 2 N–H and O–H groups in total. The molecule has 0 amide bonds. The van der Waals surface area contributed by atoms with Gasteiger partial charge in [-0.25, -0.2) is 18.2 Å². The minimum atomic E-state index is -4.01. The molecule has 1 heterocycles. The van der Waals surface area contributed by atoms with E-state index in [4.69, 9.17) is 0 Å². The second-order valence-electron chi connectivity index (χ2n) is 5.32. The third kappa shape index (κ3) is 3.18. The summed E-state index contributed by atoms with van der Waals surface area (Å²) in [5.74, 6) is -1.27. The smallest absolute Gasteiger partial charge is 0.337 e. The van der Waals surface area contributed by atoms with Crippen LogP contribution in [0, 0.1) is 6.92 Å². The normalized spacial score (nSPS) is 12.3. The van der Waals surface area contributed by atoms with Crippen molar-refractivity contribution in [3.63, 3.8) is 0 Å². The van der Waals surface area contributed by atoms with Crippen LogP contribution in [0.2, 0.25) is 0 Å². The fraction of sp³-hybridized carbons (Fsp3) is 0.286. The highest BCUT2D eigenvalue weighted by atomic mass is 32.2. The van der Waals surface area contributed by atoms with E-state index in [1.807, 2.05) is 0 Å². The first-order chi connectivity index (χ1) is 10.1. The third-order valence-corrected chi connectivity index (χ3v) is 5.89. The van der Waals surface area contributed by atoms with Gasteiger partial charge in [-0.1, -0.05) is 12.1 Å². The first-order valence-electron chi connectivity index (χ1n) is 6.42. The van der Waals surface area contributed by atoms with Crippen LogP contribution in [-0.2, 0) is 15.6 Å². The topological polar surface area (TPSA) is 96.4 Å². The van der Waals surface area contributed by atoms with Gasteiger partial charge in [-0.05, 0) is 32.4 Å². The molecule has 0 fully saturated rings. The summed E-state index contributed by atoms with van der Waals surface area (Å²) in [4.78, 5) is 15.3. The van der Waals surface area contributed by atoms with Gasteiger partial charge in [-0.3, -0.25) is 0 Å². The van der Waals surface area contributed by atoms with Crippen molar-refractivity contribution in [1.82, 2.24) is 9.71 Å². The summed E-state index contributed by atoms with van der Waals surface area (Å²) in [6.07, 6.45) is 1.59. The number of nitrogens with zero attached hydrogens (tertiary/aromatic N) is 1. The van der Waals surface area contributed by atoms with E-state index in [0.29, 0.717) is 10.6 Å². The average Bonchev–Trinajstić information content (AvgIpc) is 2.91. The lowest BCUT2D eigenvalue weighted by Crippen LogP contribution is -2.41. The quantitative estimate of drug-likeness (QED) is 0.871. The van der Waals surface area contributed by atoms with Crippen molar-refractivity contribution in [2.75, 3.05) is 0 Å². The Balaban J connectivity index is 2.49. The zero-order chi connectivity index (χ0) is 16.5. The Kier molecular flexibility index (Phi) is 4.37. The summed E-state index contributed by atoms with van der Waals surface area (Å²) in [5, 5.41) is 11.6. The van der Waals surface area contributed by atoms with Gasteiger partial charge in [0.2, 0.25) is 10.0 Å². The minimum absolute atomic E-state index is 0.218. The molecule has 0 bridgehead atoms. The van der Waals surface area contributed by atoms with Gasteiger partial charge in [0, 0.05) is 11.6 Å². The van der Waals surface area contributed by atoms with Crippen LogP contribution in [0.4, 0.5) is 0 Å². The molecule has 8 heteroatoms. The fourth-order valence-corrected chi connectivity index (χ4v) is 4.54. The highest BCUT2D eigenvalue weighted by Crippen LogP contribution is 2.26. The standard InChI is InChI=1S/C14H16N2O4S2/c1-9-5-4-6-10(11(9)12(17)18)22(19,20)16-14(2,3)13-15-7-8-21-13/h4-8,16H,1-3H3,(H,17,18). The van der Waals surface area contributed by atoms with Crippen LogP contribution < -0.4 is 4.72 Å². The van der Waals surface area contributed by atoms with Gasteiger partial charge in [0.25, 0.3) is 0 Å². The Morgan fingerprint density at radius 1 is 1.36 bits per heavy atom. The summed E-state index contributed by atoms with van der Waals surface area (Å²) < 4.78 is 27.8. The van der Waals surface area contributed by atoms with E-state index in [-0.39, 0.29) is 10.5 Å². The molecule has 0 aliphatic rings. The minimum Gasteiger partial charge on any atom is -0.478 e. The number of thiazole rings is 1. The highest BCUT2D eigenvalue weighted by molar-refractivity contribution is 7.89. The molecule has 0 saturated heterocycles. The first-order valence-corrected chi connectivity index (χ1v) is 8.78. The lowest BCUT2D eigenvalue weighted by molar-refractivity contribution is 0.0691. The predicted octanol–water partition coefficient (Wildman–Crippen LogP) is 2.36. The van der Waals surface area contributed by atoms with Crippen molar-refractivity contribution in [1.29, 1.82) is 0 Å². The molecule has 0 aliphatic heterocycles. The molecule has 0 unspecified atom stereocenters. The number of carboxylic acids is 1. The third-order valence-electron chi connectivity index (χ3n) is 3.09. The Bertz CT molecular complexity index is 796. The van der Waals surface area contributed by atoms with Crippen molar-refractivity contribution in [2.24, 2.45) is 0 Å². The molecule has 0 aliphatic carbocycles. The largest absolute Gasteiger partial charge is 0.478 e. The summed E-state index contributed by atoms with van der Waals surface area (Å²) >= 11 is 1.33. The van der Waals surface area contributed by atoms with Gasteiger partial charge < -0.3 is 5.11 Å². The molecular formula is C14H16N2O4S2. The molecule has 22 heavy (non-hydrogen) atoms. The second-order valence-corrected chi connectivity index (χ2v) is 7.87. The zero-order valence-corrected chi connectivity index (χ0v) is 14.0. The molecule has 0 radical (unpaired) electrons. The van der Waals surface area contributed by atoms with Crippen molar-refractivity contribution < 1.29 is 18.3 Å². The van der Waals surface area contributed by atoms with Gasteiger partial charge in [-0.15, -0.1) is 11.3 Å². The number of benzene rings is 1. The lowest BCUT2D eigenvalue weighted by atomic mass is 10.1. The van der Waals surface area contributed by atoms with Crippen LogP contribution in [0.1, 0.15) is 34.8 Å². The maximum absolute atomic E-state index is 12.6. The van der Waals surface area contributed by atoms with Crippen molar-refractivity contribution in [2.45, 2.75) is 31.2 Å². The number of carbonyl (C=O) groups is 1. The number of sulfonamides is 1. The van der Waals surface area contributed by atoms with E-state index < -0.39 is 21.5 Å². The Labute approximate surface area is 132 Å². The number of aryl methyl sites for hydroxylation is 1. The summed E-state index contributed by atoms with van der Waals surface area (Å²) in [6, 6.07) is 4.37. The lowest BCUT2D eigenvalue weighted by Gasteiger charge is -2.24. The number of aromatic carboxylic acids is 1. The average molecular weight is 340 g/mol. The summed E-state index contributed by atoms with van der Waals surface area (Å²) in [6.45, 7) is 4.92. The van der Waals surface area contributed by atoms with Crippen LogP contribution in [0.25, 0.3) is 0 Å². The molecular weight excluding hydrogens is 324 g/mol. The molecule has 1 aromatic carbocycles. The van der Waals surface area contributed by atoms with Crippen LogP contribution in [0.3, 0.4) is 0 Å². The van der Waals surface area contributed by atoms with Crippen LogP contribution in [0.15, 0.2) is 34.7 Å². The predicted molar refractivity (Wildman–Crippen MR) is 83.6 cm³/mol. The van der Waals surface area contributed by atoms with Gasteiger partial charge in [-0.2, -0.15) is 4.72 Å². The molecule has 2 rings (SSSR count). The van der Waals surface area contributed by atoms with E-state index in [1.54, 1.807) is 38.4 Å². The van der Waals surface area contributed by atoms with Crippen molar-refractivity contribution in [3.05, 3.63) is 45.9 Å². The van der Waals surface area contributed by atoms with E-state index in [9.17, 15) is 18.3 Å². The van der Waals surface area contributed by atoms with Crippen LogP contribution in [0.5, 0.6) is 0 Å². The molecule has 0 saturated carbocycles. The SMILES string of the molecule is Cc1cccc(S(=O)(=O)NC(C)(C)c2nccs2)c1C(=O)O. The Hall–Kier alpha value is -1.77. The number of aromatic nitrogens is 1. The molecule has 6 nitrogen and oxygen atoms in total. The number of hydrogen-bond acceptors (Lipinski definition) is 5. The summed E-state index contributed by atoms with van der Waals surface area (Å²) in [7, 11) is -4.01. The van der Waals surface area contributed by atoms with Gasteiger partial charge in [0.1, 0.15) is 5.01 Å².